The summed E-state index contributed by atoms with van der Waals surface area (Å²) in [6.45, 7) is 1.71. The van der Waals surface area contributed by atoms with Gasteiger partial charge in [-0.05, 0) is 29.2 Å². The van der Waals surface area contributed by atoms with Crippen LogP contribution in [0.1, 0.15) is 33.1 Å². The number of rotatable bonds is 4. The zero-order chi connectivity index (χ0) is 19.0. The molecule has 1 heterocycles. The number of nitrogens with zero attached hydrogens (tertiary/aromatic N) is 1. The Morgan fingerprint density at radius 3 is 2.30 bits per heavy atom. The van der Waals surface area contributed by atoms with Crippen LogP contribution in [0.3, 0.4) is 0 Å². The molecule has 0 saturated carbocycles. The topological polar surface area (TPSA) is 104 Å². The fraction of sp³-hybridized carbons (Fsp3) is 0.150. The van der Waals surface area contributed by atoms with Crippen LogP contribution in [0.2, 0.25) is 0 Å². The van der Waals surface area contributed by atoms with E-state index in [9.17, 15) is 14.7 Å². The third-order valence-electron chi connectivity index (χ3n) is 4.73. The molecule has 0 aliphatic heterocycles. The van der Waals surface area contributed by atoms with Gasteiger partial charge in [-0.15, -0.1) is 0 Å². The van der Waals surface area contributed by atoms with E-state index in [0.29, 0.717) is 5.69 Å². The number of fused-ring (bicyclic) bond motifs is 3. The van der Waals surface area contributed by atoms with Crippen LogP contribution >= 0.6 is 0 Å². The second-order valence-corrected chi connectivity index (χ2v) is 6.33. The number of aryl methyl sites for hydroxylation is 1. The van der Waals surface area contributed by atoms with E-state index in [1.807, 2.05) is 36.4 Å². The molecule has 0 spiro atoms. The van der Waals surface area contributed by atoms with Gasteiger partial charge in [0.2, 0.25) is 0 Å². The SMILES string of the molecule is Cc1[nH]nc(NC(=O)OCC2c3ccccc3-c3ccccc32)c1C(=O)O. The van der Waals surface area contributed by atoms with Crippen LogP contribution in [0.4, 0.5) is 10.6 Å². The molecule has 0 saturated heterocycles. The van der Waals surface area contributed by atoms with E-state index in [1.165, 1.54) is 0 Å². The van der Waals surface area contributed by atoms with E-state index >= 15 is 0 Å². The smallest absolute Gasteiger partial charge is 0.412 e. The van der Waals surface area contributed by atoms with Gasteiger partial charge < -0.3 is 9.84 Å². The van der Waals surface area contributed by atoms with Gasteiger partial charge in [0.05, 0.1) is 0 Å². The van der Waals surface area contributed by atoms with Crippen molar-refractivity contribution in [2.45, 2.75) is 12.8 Å². The monoisotopic (exact) mass is 363 g/mol. The fourth-order valence-electron chi connectivity index (χ4n) is 3.51. The molecule has 7 heteroatoms. The first-order valence-electron chi connectivity index (χ1n) is 8.46. The van der Waals surface area contributed by atoms with Crippen LogP contribution in [0, 0.1) is 6.92 Å². The first kappa shape index (κ1) is 16.8. The molecule has 1 amide bonds. The minimum atomic E-state index is -1.17. The van der Waals surface area contributed by atoms with E-state index < -0.39 is 12.1 Å². The number of H-pyrrole nitrogens is 1. The molecule has 3 N–H and O–H groups in total. The molecule has 0 atom stereocenters. The molecular formula is C20H17N3O4. The number of benzene rings is 2. The number of carboxylic acid groups (broad SMARTS) is 1. The average Bonchev–Trinajstić information content (AvgIpc) is 3.18. The summed E-state index contributed by atoms with van der Waals surface area (Å²) in [5.41, 5.74) is 4.76. The summed E-state index contributed by atoms with van der Waals surface area (Å²) in [7, 11) is 0. The third kappa shape index (κ3) is 2.93. The van der Waals surface area contributed by atoms with E-state index in [2.05, 4.69) is 27.6 Å². The standard InChI is InChI=1S/C20H17N3O4/c1-11-17(19(24)25)18(23-22-11)21-20(26)27-10-16-14-8-4-2-6-12(14)13-7-3-5-9-15(13)16/h2-9,16H,10H2,1H3,(H,24,25)(H2,21,22,23,26). The first-order chi connectivity index (χ1) is 13.1. The number of carboxylic acids is 1. The molecule has 1 aliphatic carbocycles. The second-order valence-electron chi connectivity index (χ2n) is 6.33. The van der Waals surface area contributed by atoms with Crippen molar-refractivity contribution < 1.29 is 19.4 Å². The van der Waals surface area contributed by atoms with Gasteiger partial charge in [0.15, 0.2) is 5.82 Å². The van der Waals surface area contributed by atoms with E-state index in [-0.39, 0.29) is 23.9 Å². The van der Waals surface area contributed by atoms with Crippen molar-refractivity contribution in [3.63, 3.8) is 0 Å². The van der Waals surface area contributed by atoms with Gasteiger partial charge in [-0.3, -0.25) is 10.4 Å². The molecule has 2 aromatic carbocycles. The summed E-state index contributed by atoms with van der Waals surface area (Å²) >= 11 is 0. The Hall–Kier alpha value is -3.61. The van der Waals surface area contributed by atoms with Crippen LogP contribution in [-0.2, 0) is 4.74 Å². The van der Waals surface area contributed by atoms with E-state index in [1.54, 1.807) is 6.92 Å². The molecule has 3 aromatic rings. The summed E-state index contributed by atoms with van der Waals surface area (Å²) in [5, 5.41) is 18.0. The van der Waals surface area contributed by atoms with Gasteiger partial charge in [0.1, 0.15) is 12.2 Å². The summed E-state index contributed by atoms with van der Waals surface area (Å²) in [4.78, 5) is 23.5. The molecule has 4 rings (SSSR count). The number of carbonyl (C=O) groups excluding carboxylic acids is 1. The van der Waals surface area contributed by atoms with Crippen molar-refractivity contribution in [1.29, 1.82) is 0 Å². The molecule has 0 radical (unpaired) electrons. The van der Waals surface area contributed by atoms with Crippen LogP contribution < -0.4 is 5.32 Å². The van der Waals surface area contributed by atoms with Crippen molar-refractivity contribution in [3.8, 4) is 11.1 Å². The Labute approximate surface area is 155 Å². The highest BCUT2D eigenvalue weighted by Crippen LogP contribution is 2.44. The average molecular weight is 363 g/mol. The number of aromatic carboxylic acids is 1. The summed E-state index contributed by atoms with van der Waals surface area (Å²) < 4.78 is 5.39. The molecule has 0 fully saturated rings. The predicted molar refractivity (Wildman–Crippen MR) is 99.0 cm³/mol. The minimum Gasteiger partial charge on any atom is -0.477 e. The molecule has 1 aliphatic rings. The lowest BCUT2D eigenvalue weighted by molar-refractivity contribution is 0.0697. The fourth-order valence-corrected chi connectivity index (χ4v) is 3.51. The van der Waals surface area contributed by atoms with E-state index in [4.69, 9.17) is 4.74 Å². The molecule has 0 unspecified atom stereocenters. The van der Waals surface area contributed by atoms with Gasteiger partial charge in [0.25, 0.3) is 0 Å². The molecule has 136 valence electrons. The van der Waals surface area contributed by atoms with Crippen molar-refractivity contribution in [1.82, 2.24) is 10.2 Å². The van der Waals surface area contributed by atoms with Gasteiger partial charge in [0, 0.05) is 11.6 Å². The lowest BCUT2D eigenvalue weighted by atomic mass is 9.98. The molecule has 7 nitrogen and oxygen atoms in total. The normalized spacial score (nSPS) is 12.3. The number of hydrogen-bond donors (Lipinski definition) is 3. The lowest BCUT2D eigenvalue weighted by Crippen LogP contribution is -2.19. The van der Waals surface area contributed by atoms with Crippen molar-refractivity contribution in [2.75, 3.05) is 11.9 Å². The van der Waals surface area contributed by atoms with Crippen molar-refractivity contribution >= 4 is 17.9 Å². The number of hydrogen-bond acceptors (Lipinski definition) is 4. The Morgan fingerprint density at radius 1 is 1.11 bits per heavy atom. The Balaban J connectivity index is 1.51. The van der Waals surface area contributed by atoms with Crippen LogP contribution in [0.5, 0.6) is 0 Å². The Morgan fingerprint density at radius 2 is 1.70 bits per heavy atom. The van der Waals surface area contributed by atoms with Crippen LogP contribution in [0.25, 0.3) is 11.1 Å². The highest BCUT2D eigenvalue weighted by molar-refractivity contribution is 5.98. The number of aromatic nitrogens is 2. The summed E-state index contributed by atoms with van der Waals surface area (Å²) in [6, 6.07) is 16.1. The van der Waals surface area contributed by atoms with Crippen LogP contribution in [0.15, 0.2) is 48.5 Å². The second kappa shape index (κ2) is 6.60. The minimum absolute atomic E-state index is 0.0581. The van der Waals surface area contributed by atoms with Gasteiger partial charge >= 0.3 is 12.1 Å². The number of ether oxygens (including phenoxy) is 1. The highest BCUT2D eigenvalue weighted by atomic mass is 16.5. The molecule has 0 bridgehead atoms. The number of anilines is 1. The molecule has 27 heavy (non-hydrogen) atoms. The highest BCUT2D eigenvalue weighted by Gasteiger charge is 2.29. The largest absolute Gasteiger partial charge is 0.477 e. The zero-order valence-electron chi connectivity index (χ0n) is 14.5. The maximum atomic E-state index is 12.2. The summed E-state index contributed by atoms with van der Waals surface area (Å²) in [5.74, 6) is -1.30. The Bertz CT molecular complexity index is 996. The quantitative estimate of drug-likeness (QED) is 0.654. The van der Waals surface area contributed by atoms with E-state index in [0.717, 1.165) is 22.3 Å². The first-order valence-corrected chi connectivity index (χ1v) is 8.46. The lowest BCUT2D eigenvalue weighted by Gasteiger charge is -2.14. The zero-order valence-corrected chi connectivity index (χ0v) is 14.5. The molecular weight excluding hydrogens is 346 g/mol. The van der Waals surface area contributed by atoms with Crippen molar-refractivity contribution in [3.05, 3.63) is 70.9 Å². The third-order valence-corrected chi connectivity index (χ3v) is 4.73. The van der Waals surface area contributed by atoms with Gasteiger partial charge in [-0.25, -0.2) is 9.59 Å². The van der Waals surface area contributed by atoms with Crippen LogP contribution in [-0.4, -0.2) is 34.0 Å². The maximum absolute atomic E-state index is 12.2. The maximum Gasteiger partial charge on any atom is 0.412 e. The number of carbonyl (C=O) groups is 2. The number of nitrogens with one attached hydrogen (secondary N) is 2. The molecule has 1 aromatic heterocycles. The predicted octanol–water partition coefficient (Wildman–Crippen LogP) is 3.78. The van der Waals surface area contributed by atoms with Gasteiger partial charge in [-0.1, -0.05) is 48.5 Å². The Kier molecular flexibility index (Phi) is 4.12. The summed E-state index contributed by atoms with van der Waals surface area (Å²) in [6.07, 6.45) is -0.745. The van der Waals surface area contributed by atoms with Gasteiger partial charge in [-0.2, -0.15) is 5.10 Å². The number of aromatic amines is 1. The van der Waals surface area contributed by atoms with Crippen molar-refractivity contribution in [2.24, 2.45) is 0 Å². The number of amides is 1.